The van der Waals surface area contributed by atoms with Crippen molar-refractivity contribution in [3.05, 3.63) is 53.6 Å². The van der Waals surface area contributed by atoms with Crippen molar-refractivity contribution in [1.29, 1.82) is 0 Å². The van der Waals surface area contributed by atoms with Crippen molar-refractivity contribution in [2.24, 2.45) is 4.99 Å². The summed E-state index contributed by atoms with van der Waals surface area (Å²) in [5, 5.41) is 6.77. The molecule has 2 rings (SSSR count). The number of guanidine groups is 1. The van der Waals surface area contributed by atoms with Crippen LogP contribution in [0.3, 0.4) is 0 Å². The summed E-state index contributed by atoms with van der Waals surface area (Å²) in [5.74, 6) is 1.90. The molecule has 1 heterocycles. The molecule has 0 unspecified atom stereocenters. The molecule has 1 aromatic carbocycles. The molecule has 0 spiro atoms. The second kappa shape index (κ2) is 11.6. The maximum Gasteiger partial charge on any atom is 0.191 e. The average molecular weight is 501 g/mol. The molecule has 5 nitrogen and oxygen atoms in total. The zero-order valence-electron chi connectivity index (χ0n) is 17.0. The summed E-state index contributed by atoms with van der Waals surface area (Å²) in [6, 6.07) is 8.60. The third-order valence-corrected chi connectivity index (χ3v) is 5.52. The molecule has 150 valence electrons. The Balaban J connectivity index is 0.00000364. The first-order valence-corrected chi connectivity index (χ1v) is 10.3. The third-order valence-electron chi connectivity index (χ3n) is 4.27. The molecule has 2 N–H and O–H groups in total. The van der Waals surface area contributed by atoms with Gasteiger partial charge in [0.1, 0.15) is 5.82 Å². The number of imidazole rings is 1. The van der Waals surface area contributed by atoms with Gasteiger partial charge in [-0.15, -0.1) is 24.0 Å². The summed E-state index contributed by atoms with van der Waals surface area (Å²) < 4.78 is 2.33. The molecule has 27 heavy (non-hydrogen) atoms. The van der Waals surface area contributed by atoms with E-state index in [1.54, 1.807) is 0 Å². The predicted octanol–water partition coefficient (Wildman–Crippen LogP) is 4.05. The van der Waals surface area contributed by atoms with Gasteiger partial charge in [0.05, 0.1) is 6.54 Å². The van der Waals surface area contributed by atoms with E-state index >= 15 is 0 Å². The van der Waals surface area contributed by atoms with Gasteiger partial charge in [0.2, 0.25) is 0 Å². The molecular weight excluding hydrogens is 469 g/mol. The largest absolute Gasteiger partial charge is 0.357 e. The van der Waals surface area contributed by atoms with Crippen LogP contribution in [0.1, 0.15) is 37.7 Å². The fraction of sp³-hybridized carbons (Fsp3) is 0.500. The van der Waals surface area contributed by atoms with E-state index in [1.165, 1.54) is 11.1 Å². The Hall–Kier alpha value is -1.22. The standard InChI is InChI=1S/C20H31N5S.HI/c1-6-21-19(24-15-20(3,4)26-5)23-13-17-8-7-9-18(12-17)14-25-11-10-22-16(25)2;/h7-12H,6,13-15H2,1-5H3,(H2,21,23,24);1H. The van der Waals surface area contributed by atoms with Gasteiger partial charge >= 0.3 is 0 Å². The Bertz CT molecular complexity index is 727. The van der Waals surface area contributed by atoms with E-state index in [9.17, 15) is 0 Å². The lowest BCUT2D eigenvalue weighted by Crippen LogP contribution is -2.43. The number of aryl methyl sites for hydroxylation is 1. The maximum absolute atomic E-state index is 4.74. The van der Waals surface area contributed by atoms with Gasteiger partial charge in [-0.3, -0.25) is 0 Å². The summed E-state index contributed by atoms with van der Waals surface area (Å²) in [6.07, 6.45) is 5.99. The summed E-state index contributed by atoms with van der Waals surface area (Å²) in [5.41, 5.74) is 2.47. The molecule has 0 aliphatic carbocycles. The number of aliphatic imine (C=N–C) groups is 1. The van der Waals surface area contributed by atoms with Gasteiger partial charge in [0.25, 0.3) is 0 Å². The van der Waals surface area contributed by atoms with Crippen LogP contribution in [-0.4, -0.2) is 39.6 Å². The molecule has 2 aromatic rings. The fourth-order valence-corrected chi connectivity index (χ4v) is 2.69. The molecule has 0 fully saturated rings. The lowest BCUT2D eigenvalue weighted by molar-refractivity contribution is 0.665. The number of nitrogens with one attached hydrogen (secondary N) is 2. The molecule has 7 heteroatoms. The van der Waals surface area contributed by atoms with E-state index in [-0.39, 0.29) is 28.7 Å². The molecule has 0 amide bonds. The van der Waals surface area contributed by atoms with Crippen LogP contribution in [-0.2, 0) is 13.1 Å². The van der Waals surface area contributed by atoms with Gasteiger partial charge in [0, 0.05) is 36.8 Å². The van der Waals surface area contributed by atoms with Crippen LogP contribution in [0.5, 0.6) is 0 Å². The quantitative estimate of drug-likeness (QED) is 0.326. The minimum absolute atomic E-state index is 0. The molecular formula is C20H32IN5S. The molecule has 0 saturated heterocycles. The van der Waals surface area contributed by atoms with Crippen molar-refractivity contribution in [3.63, 3.8) is 0 Å². The Morgan fingerprint density at radius 2 is 2.00 bits per heavy atom. The molecule has 0 saturated carbocycles. The van der Waals surface area contributed by atoms with Gasteiger partial charge < -0.3 is 15.2 Å². The predicted molar refractivity (Wildman–Crippen MR) is 128 cm³/mol. The highest BCUT2D eigenvalue weighted by molar-refractivity contribution is 14.0. The van der Waals surface area contributed by atoms with Crippen LogP contribution in [0.2, 0.25) is 0 Å². The number of rotatable bonds is 8. The Labute approximate surface area is 184 Å². The number of nitrogens with zero attached hydrogens (tertiary/aromatic N) is 3. The minimum atomic E-state index is 0. The highest BCUT2D eigenvalue weighted by Gasteiger charge is 2.16. The topological polar surface area (TPSA) is 54.2 Å². The van der Waals surface area contributed by atoms with Crippen molar-refractivity contribution in [3.8, 4) is 0 Å². The Morgan fingerprint density at radius 1 is 1.26 bits per heavy atom. The van der Waals surface area contributed by atoms with Gasteiger partial charge in [-0.2, -0.15) is 11.8 Å². The molecule has 0 radical (unpaired) electrons. The lowest BCUT2D eigenvalue weighted by atomic mass is 10.1. The Kier molecular flexibility index (Phi) is 10.2. The second-order valence-corrected chi connectivity index (χ2v) is 8.45. The van der Waals surface area contributed by atoms with Crippen LogP contribution in [0.15, 0.2) is 41.7 Å². The van der Waals surface area contributed by atoms with Crippen molar-refractivity contribution in [2.45, 2.75) is 45.5 Å². The fourth-order valence-electron chi connectivity index (χ4n) is 2.47. The molecule has 0 aliphatic heterocycles. The van der Waals surface area contributed by atoms with Crippen LogP contribution in [0, 0.1) is 6.92 Å². The van der Waals surface area contributed by atoms with Crippen molar-refractivity contribution in [2.75, 3.05) is 19.3 Å². The van der Waals surface area contributed by atoms with Crippen molar-refractivity contribution in [1.82, 2.24) is 20.2 Å². The first kappa shape index (κ1) is 23.8. The normalized spacial score (nSPS) is 11.8. The number of benzene rings is 1. The molecule has 1 aromatic heterocycles. The van der Waals surface area contributed by atoms with Crippen LogP contribution in [0.25, 0.3) is 0 Å². The molecule has 0 aliphatic rings. The van der Waals surface area contributed by atoms with Gasteiger partial charge in [-0.25, -0.2) is 9.98 Å². The number of hydrogen-bond donors (Lipinski definition) is 2. The average Bonchev–Trinajstić information content (AvgIpc) is 3.02. The van der Waals surface area contributed by atoms with Gasteiger partial charge in [0.15, 0.2) is 5.96 Å². The van der Waals surface area contributed by atoms with E-state index in [1.807, 2.05) is 31.1 Å². The molecule has 0 bridgehead atoms. The maximum atomic E-state index is 4.74. The van der Waals surface area contributed by atoms with E-state index in [4.69, 9.17) is 4.99 Å². The van der Waals surface area contributed by atoms with E-state index < -0.39 is 0 Å². The van der Waals surface area contributed by atoms with Gasteiger partial charge in [-0.1, -0.05) is 24.3 Å². The van der Waals surface area contributed by atoms with Crippen LogP contribution >= 0.6 is 35.7 Å². The Morgan fingerprint density at radius 3 is 2.63 bits per heavy atom. The summed E-state index contributed by atoms with van der Waals surface area (Å²) in [7, 11) is 0. The smallest absolute Gasteiger partial charge is 0.191 e. The first-order valence-electron chi connectivity index (χ1n) is 9.06. The summed E-state index contributed by atoms with van der Waals surface area (Å²) >= 11 is 1.85. The van der Waals surface area contributed by atoms with Crippen LogP contribution in [0.4, 0.5) is 0 Å². The zero-order chi connectivity index (χ0) is 19.0. The zero-order valence-corrected chi connectivity index (χ0v) is 20.1. The minimum Gasteiger partial charge on any atom is -0.357 e. The van der Waals surface area contributed by atoms with E-state index in [2.05, 4.69) is 71.5 Å². The van der Waals surface area contributed by atoms with E-state index in [0.29, 0.717) is 6.54 Å². The highest BCUT2D eigenvalue weighted by Crippen LogP contribution is 2.19. The SMILES string of the molecule is CCNC(=NCc1cccc(Cn2ccnc2C)c1)NCC(C)(C)SC.I. The van der Waals surface area contributed by atoms with Gasteiger partial charge in [-0.05, 0) is 45.1 Å². The molecule has 0 atom stereocenters. The number of halogens is 1. The third kappa shape index (κ3) is 8.13. The highest BCUT2D eigenvalue weighted by atomic mass is 127. The number of thioether (sulfide) groups is 1. The van der Waals surface area contributed by atoms with Crippen LogP contribution < -0.4 is 10.6 Å². The monoisotopic (exact) mass is 501 g/mol. The number of hydrogen-bond acceptors (Lipinski definition) is 3. The second-order valence-electron chi connectivity index (χ2n) is 6.93. The number of aromatic nitrogens is 2. The van der Waals surface area contributed by atoms with Crippen molar-refractivity contribution >= 4 is 41.7 Å². The summed E-state index contributed by atoms with van der Waals surface area (Å²) in [6.45, 7) is 11.8. The summed E-state index contributed by atoms with van der Waals surface area (Å²) in [4.78, 5) is 9.03. The lowest BCUT2D eigenvalue weighted by Gasteiger charge is -2.23. The van der Waals surface area contributed by atoms with Crippen molar-refractivity contribution < 1.29 is 0 Å². The first-order chi connectivity index (χ1) is 12.4. The van der Waals surface area contributed by atoms with E-state index in [0.717, 1.165) is 31.4 Å².